The molecule has 136 valence electrons. The van der Waals surface area contributed by atoms with Crippen molar-refractivity contribution in [3.63, 3.8) is 0 Å². The number of benzene rings is 1. The summed E-state index contributed by atoms with van der Waals surface area (Å²) in [5.74, 6) is 2.67. The van der Waals surface area contributed by atoms with Gasteiger partial charge in [0, 0.05) is 19.5 Å². The SMILES string of the molecule is O=C(C[C@H]1C[C@H]2CC[C@@H]1C2)NCc1ccc(CN2CCCCC2)cc1. The van der Waals surface area contributed by atoms with Crippen LogP contribution in [0.4, 0.5) is 0 Å². The first-order valence-corrected chi connectivity index (χ1v) is 10.3. The maximum Gasteiger partial charge on any atom is 0.220 e. The first-order chi connectivity index (χ1) is 12.3. The molecule has 2 bridgehead atoms. The lowest BCUT2D eigenvalue weighted by atomic mass is 9.86. The van der Waals surface area contributed by atoms with Gasteiger partial charge in [-0.15, -0.1) is 0 Å². The zero-order valence-corrected chi connectivity index (χ0v) is 15.4. The van der Waals surface area contributed by atoms with Crippen LogP contribution >= 0.6 is 0 Å². The molecule has 0 radical (unpaired) electrons. The van der Waals surface area contributed by atoms with Gasteiger partial charge in [0.05, 0.1) is 0 Å². The van der Waals surface area contributed by atoms with Gasteiger partial charge in [0.25, 0.3) is 0 Å². The van der Waals surface area contributed by atoms with E-state index < -0.39 is 0 Å². The molecule has 2 aliphatic carbocycles. The second-order valence-corrected chi connectivity index (χ2v) is 8.57. The van der Waals surface area contributed by atoms with Gasteiger partial charge in [0.2, 0.25) is 5.91 Å². The first kappa shape index (κ1) is 17.1. The van der Waals surface area contributed by atoms with Gasteiger partial charge in [-0.2, -0.15) is 0 Å². The Morgan fingerprint density at radius 2 is 1.76 bits per heavy atom. The van der Waals surface area contributed by atoms with E-state index in [0.29, 0.717) is 12.5 Å². The Bertz CT molecular complexity index is 576. The fourth-order valence-corrected chi connectivity index (χ4v) is 5.28. The Balaban J connectivity index is 1.20. The number of hydrogen-bond donors (Lipinski definition) is 1. The fourth-order valence-electron chi connectivity index (χ4n) is 5.28. The van der Waals surface area contributed by atoms with E-state index in [1.165, 1.54) is 69.2 Å². The molecule has 1 aliphatic heterocycles. The smallest absolute Gasteiger partial charge is 0.220 e. The van der Waals surface area contributed by atoms with E-state index in [9.17, 15) is 4.79 Å². The average molecular weight is 341 g/mol. The zero-order chi connectivity index (χ0) is 17.1. The van der Waals surface area contributed by atoms with Gasteiger partial charge in [0.1, 0.15) is 0 Å². The van der Waals surface area contributed by atoms with E-state index in [-0.39, 0.29) is 5.91 Å². The summed E-state index contributed by atoms with van der Waals surface area (Å²) in [5.41, 5.74) is 2.60. The monoisotopic (exact) mass is 340 g/mol. The highest BCUT2D eigenvalue weighted by Gasteiger charge is 2.39. The third-order valence-corrected chi connectivity index (χ3v) is 6.70. The van der Waals surface area contributed by atoms with Crippen molar-refractivity contribution in [3.8, 4) is 0 Å². The maximum absolute atomic E-state index is 12.3. The average Bonchev–Trinajstić information content (AvgIpc) is 3.25. The summed E-state index contributed by atoms with van der Waals surface area (Å²) in [5, 5.41) is 3.14. The summed E-state index contributed by atoms with van der Waals surface area (Å²) in [6, 6.07) is 8.81. The highest BCUT2D eigenvalue weighted by molar-refractivity contribution is 5.76. The van der Waals surface area contributed by atoms with Crippen LogP contribution in [0, 0.1) is 17.8 Å². The molecule has 3 atom stereocenters. The van der Waals surface area contributed by atoms with Crippen molar-refractivity contribution in [2.24, 2.45) is 17.8 Å². The standard InChI is InChI=1S/C22H32N2O/c25-22(14-21-13-19-8-9-20(21)12-19)23-15-17-4-6-18(7-5-17)16-24-10-2-1-3-11-24/h4-7,19-21H,1-3,8-16H2,(H,23,25)/t19-,20+,21+/m0/s1. The van der Waals surface area contributed by atoms with Gasteiger partial charge in [-0.25, -0.2) is 0 Å². The highest BCUT2D eigenvalue weighted by atomic mass is 16.1. The highest BCUT2D eigenvalue weighted by Crippen LogP contribution is 2.49. The topological polar surface area (TPSA) is 32.3 Å². The predicted molar refractivity (Wildman–Crippen MR) is 101 cm³/mol. The number of piperidine rings is 1. The molecular weight excluding hydrogens is 308 g/mol. The van der Waals surface area contributed by atoms with E-state index in [1.807, 2.05) is 0 Å². The number of nitrogens with zero attached hydrogens (tertiary/aromatic N) is 1. The first-order valence-electron chi connectivity index (χ1n) is 10.3. The summed E-state index contributed by atoms with van der Waals surface area (Å²) in [7, 11) is 0. The third-order valence-electron chi connectivity index (χ3n) is 6.70. The lowest BCUT2D eigenvalue weighted by Crippen LogP contribution is -2.29. The quantitative estimate of drug-likeness (QED) is 0.845. The van der Waals surface area contributed by atoms with Crippen LogP contribution in [-0.2, 0) is 17.9 Å². The van der Waals surface area contributed by atoms with Crippen LogP contribution in [0.1, 0.15) is 62.5 Å². The van der Waals surface area contributed by atoms with E-state index >= 15 is 0 Å². The van der Waals surface area contributed by atoms with Crippen LogP contribution in [0.5, 0.6) is 0 Å². The molecule has 2 saturated carbocycles. The Hall–Kier alpha value is -1.35. The molecule has 1 aromatic rings. The van der Waals surface area contributed by atoms with Gasteiger partial charge < -0.3 is 5.32 Å². The second-order valence-electron chi connectivity index (χ2n) is 8.57. The Labute approximate surface area is 152 Å². The number of carbonyl (C=O) groups excluding carboxylic acids is 1. The Morgan fingerprint density at radius 3 is 2.44 bits per heavy atom. The minimum Gasteiger partial charge on any atom is -0.352 e. The van der Waals surface area contributed by atoms with Gasteiger partial charge in [-0.3, -0.25) is 9.69 Å². The summed E-state index contributed by atoms with van der Waals surface area (Å²) in [4.78, 5) is 14.8. The fraction of sp³-hybridized carbons (Fsp3) is 0.682. The molecule has 3 nitrogen and oxygen atoms in total. The van der Waals surface area contributed by atoms with Crippen molar-refractivity contribution in [1.82, 2.24) is 10.2 Å². The number of fused-ring (bicyclic) bond motifs is 2. The van der Waals surface area contributed by atoms with Crippen molar-refractivity contribution in [1.29, 1.82) is 0 Å². The molecule has 1 saturated heterocycles. The lowest BCUT2D eigenvalue weighted by Gasteiger charge is -2.26. The van der Waals surface area contributed by atoms with Crippen LogP contribution in [0.3, 0.4) is 0 Å². The van der Waals surface area contributed by atoms with Crippen LogP contribution < -0.4 is 5.32 Å². The van der Waals surface area contributed by atoms with E-state index in [4.69, 9.17) is 0 Å². The number of likely N-dealkylation sites (tertiary alicyclic amines) is 1. The van der Waals surface area contributed by atoms with E-state index in [0.717, 1.165) is 24.8 Å². The van der Waals surface area contributed by atoms with Crippen molar-refractivity contribution in [3.05, 3.63) is 35.4 Å². The number of rotatable bonds is 6. The van der Waals surface area contributed by atoms with Gasteiger partial charge >= 0.3 is 0 Å². The zero-order valence-electron chi connectivity index (χ0n) is 15.4. The van der Waals surface area contributed by atoms with Crippen molar-refractivity contribution >= 4 is 5.91 Å². The molecule has 3 heteroatoms. The number of nitrogens with one attached hydrogen (secondary N) is 1. The second kappa shape index (κ2) is 7.90. The minimum atomic E-state index is 0.245. The van der Waals surface area contributed by atoms with Gasteiger partial charge in [-0.05, 0) is 74.1 Å². The molecule has 25 heavy (non-hydrogen) atoms. The molecule has 4 rings (SSSR count). The van der Waals surface area contributed by atoms with Crippen LogP contribution in [-0.4, -0.2) is 23.9 Å². The maximum atomic E-state index is 12.3. The molecule has 1 N–H and O–H groups in total. The summed E-state index contributed by atoms with van der Waals surface area (Å²) >= 11 is 0. The molecule has 1 heterocycles. The molecule has 1 amide bonds. The molecule has 0 spiro atoms. The Morgan fingerprint density at radius 1 is 1.00 bits per heavy atom. The van der Waals surface area contributed by atoms with E-state index in [1.54, 1.807) is 0 Å². The van der Waals surface area contributed by atoms with Gasteiger partial charge in [0.15, 0.2) is 0 Å². The number of amides is 1. The van der Waals surface area contributed by atoms with Crippen molar-refractivity contribution in [2.75, 3.05) is 13.1 Å². The van der Waals surface area contributed by atoms with Crippen LogP contribution in [0.15, 0.2) is 24.3 Å². The lowest BCUT2D eigenvalue weighted by molar-refractivity contribution is -0.122. The molecule has 0 unspecified atom stereocenters. The van der Waals surface area contributed by atoms with Gasteiger partial charge in [-0.1, -0.05) is 37.1 Å². The molecule has 3 fully saturated rings. The minimum absolute atomic E-state index is 0.245. The normalized spacial score (nSPS) is 29.0. The van der Waals surface area contributed by atoms with Crippen molar-refractivity contribution < 1.29 is 4.79 Å². The molecule has 1 aromatic carbocycles. The largest absolute Gasteiger partial charge is 0.352 e. The Kier molecular flexibility index (Phi) is 5.40. The number of carbonyl (C=O) groups is 1. The van der Waals surface area contributed by atoms with Crippen LogP contribution in [0.25, 0.3) is 0 Å². The molecular formula is C22H32N2O. The van der Waals surface area contributed by atoms with Crippen LogP contribution in [0.2, 0.25) is 0 Å². The predicted octanol–water partition coefficient (Wildman–Crippen LogP) is 4.12. The van der Waals surface area contributed by atoms with E-state index in [2.05, 4.69) is 34.5 Å². The summed E-state index contributed by atoms with van der Waals surface area (Å²) < 4.78 is 0. The third kappa shape index (κ3) is 4.44. The molecule has 3 aliphatic rings. The van der Waals surface area contributed by atoms with Crippen molar-refractivity contribution in [2.45, 2.75) is 64.5 Å². The summed E-state index contributed by atoms with van der Waals surface area (Å²) in [6.07, 6.45) is 10.3. The molecule has 0 aromatic heterocycles. The summed E-state index contributed by atoms with van der Waals surface area (Å²) in [6.45, 7) is 4.21. The number of hydrogen-bond acceptors (Lipinski definition) is 2.